The van der Waals surface area contributed by atoms with Crippen LogP contribution in [0.3, 0.4) is 0 Å². The Balaban J connectivity index is 4.45. The Morgan fingerprint density at radius 1 is 1.24 bits per heavy atom. The second-order valence-electron chi connectivity index (χ2n) is 5.87. The van der Waals surface area contributed by atoms with Gasteiger partial charge in [-0.1, -0.05) is 20.8 Å². The first-order valence-electron chi connectivity index (χ1n) is 6.92. The van der Waals surface area contributed by atoms with Gasteiger partial charge in [0.2, 0.25) is 0 Å². The van der Waals surface area contributed by atoms with Crippen molar-refractivity contribution in [3.05, 3.63) is 0 Å². The van der Waals surface area contributed by atoms with E-state index < -0.39 is 0 Å². The van der Waals surface area contributed by atoms with Crippen molar-refractivity contribution in [3.8, 4) is 0 Å². The Kier molecular flexibility index (Phi) is 8.01. The normalized spacial score (nSPS) is 17.5. The lowest BCUT2D eigenvalue weighted by molar-refractivity contribution is 0.112. The molecule has 0 spiro atoms. The molecule has 0 radical (unpaired) electrons. The first-order valence-corrected chi connectivity index (χ1v) is 6.92. The van der Waals surface area contributed by atoms with Crippen molar-refractivity contribution in [2.24, 2.45) is 5.41 Å². The van der Waals surface area contributed by atoms with Crippen LogP contribution >= 0.6 is 0 Å². The number of likely N-dealkylation sites (N-methyl/N-ethyl adjacent to an activating group) is 2. The molecule has 3 heteroatoms. The molecule has 0 aromatic heterocycles. The lowest BCUT2D eigenvalue weighted by Crippen LogP contribution is -2.47. The summed E-state index contributed by atoms with van der Waals surface area (Å²) in [6, 6.07) is 0.623. The molecule has 0 aliphatic carbocycles. The fourth-order valence-electron chi connectivity index (χ4n) is 2.43. The molecule has 0 rings (SSSR count). The Morgan fingerprint density at radius 2 is 1.82 bits per heavy atom. The molecule has 2 unspecified atom stereocenters. The van der Waals surface area contributed by atoms with E-state index in [1.165, 1.54) is 13.0 Å². The standard InChI is InChI=1S/C14H33N3/c1-8-14(4,11-15-5)12-17(9-2)13(3)10-16(6)7/h13,15H,8-12H2,1-7H3. The van der Waals surface area contributed by atoms with E-state index in [1.54, 1.807) is 0 Å². The van der Waals surface area contributed by atoms with Gasteiger partial charge in [0.1, 0.15) is 0 Å². The predicted octanol–water partition coefficient (Wildman–Crippen LogP) is 1.89. The van der Waals surface area contributed by atoms with Crippen molar-refractivity contribution in [1.82, 2.24) is 15.1 Å². The number of hydrogen-bond donors (Lipinski definition) is 1. The van der Waals surface area contributed by atoms with Gasteiger partial charge in [0.05, 0.1) is 0 Å². The zero-order chi connectivity index (χ0) is 13.5. The summed E-state index contributed by atoms with van der Waals surface area (Å²) in [4.78, 5) is 4.87. The van der Waals surface area contributed by atoms with Crippen LogP contribution in [0.5, 0.6) is 0 Å². The lowest BCUT2D eigenvalue weighted by Gasteiger charge is -2.38. The Labute approximate surface area is 109 Å². The molecule has 0 saturated carbocycles. The van der Waals surface area contributed by atoms with Gasteiger partial charge in [0.25, 0.3) is 0 Å². The first kappa shape index (κ1) is 16.9. The topological polar surface area (TPSA) is 18.5 Å². The minimum Gasteiger partial charge on any atom is -0.319 e. The molecular formula is C14H33N3. The van der Waals surface area contributed by atoms with Crippen molar-refractivity contribution in [2.75, 3.05) is 47.3 Å². The van der Waals surface area contributed by atoms with E-state index in [0.717, 1.165) is 19.6 Å². The summed E-state index contributed by atoms with van der Waals surface area (Å²) in [5, 5.41) is 3.33. The maximum absolute atomic E-state index is 3.33. The highest BCUT2D eigenvalue weighted by atomic mass is 15.2. The van der Waals surface area contributed by atoms with Gasteiger partial charge in [0.15, 0.2) is 0 Å². The highest BCUT2D eigenvalue weighted by Gasteiger charge is 2.26. The highest BCUT2D eigenvalue weighted by Crippen LogP contribution is 2.22. The summed E-state index contributed by atoms with van der Waals surface area (Å²) in [5.41, 5.74) is 0.380. The zero-order valence-electron chi connectivity index (χ0n) is 13.0. The second kappa shape index (κ2) is 8.06. The number of rotatable bonds is 9. The molecule has 104 valence electrons. The molecule has 0 bridgehead atoms. The van der Waals surface area contributed by atoms with Crippen LogP contribution in [0, 0.1) is 5.41 Å². The van der Waals surface area contributed by atoms with Crippen LogP contribution in [0.25, 0.3) is 0 Å². The monoisotopic (exact) mass is 243 g/mol. The van der Waals surface area contributed by atoms with E-state index in [0.29, 0.717) is 11.5 Å². The molecule has 0 aromatic rings. The first-order chi connectivity index (χ1) is 7.88. The van der Waals surface area contributed by atoms with Gasteiger partial charge in [0, 0.05) is 25.7 Å². The van der Waals surface area contributed by atoms with Crippen LogP contribution in [0.2, 0.25) is 0 Å². The van der Waals surface area contributed by atoms with Crippen LogP contribution in [0.1, 0.15) is 34.1 Å². The quantitative estimate of drug-likeness (QED) is 0.667. The number of nitrogens with one attached hydrogen (secondary N) is 1. The molecule has 0 heterocycles. The molecule has 17 heavy (non-hydrogen) atoms. The van der Waals surface area contributed by atoms with Crippen molar-refractivity contribution in [2.45, 2.75) is 40.2 Å². The average molecular weight is 243 g/mol. The summed E-state index contributed by atoms with van der Waals surface area (Å²) in [6.07, 6.45) is 1.22. The fraction of sp³-hybridized carbons (Fsp3) is 1.00. The van der Waals surface area contributed by atoms with Gasteiger partial charge in [-0.05, 0) is 46.4 Å². The Bertz CT molecular complexity index is 194. The molecular weight excluding hydrogens is 210 g/mol. The molecule has 0 amide bonds. The minimum atomic E-state index is 0.380. The molecule has 0 fully saturated rings. The minimum absolute atomic E-state index is 0.380. The largest absolute Gasteiger partial charge is 0.319 e. The molecule has 0 aliphatic rings. The average Bonchev–Trinajstić information content (AvgIpc) is 2.25. The second-order valence-corrected chi connectivity index (χ2v) is 5.87. The van der Waals surface area contributed by atoms with Gasteiger partial charge < -0.3 is 10.2 Å². The molecule has 3 nitrogen and oxygen atoms in total. The van der Waals surface area contributed by atoms with Crippen molar-refractivity contribution >= 4 is 0 Å². The van der Waals surface area contributed by atoms with Gasteiger partial charge in [-0.3, -0.25) is 4.90 Å². The molecule has 0 aliphatic heterocycles. The van der Waals surface area contributed by atoms with E-state index in [1.807, 2.05) is 7.05 Å². The predicted molar refractivity (Wildman–Crippen MR) is 77.6 cm³/mol. The zero-order valence-corrected chi connectivity index (χ0v) is 13.0. The van der Waals surface area contributed by atoms with Crippen molar-refractivity contribution < 1.29 is 0 Å². The van der Waals surface area contributed by atoms with Crippen LogP contribution in [0.4, 0.5) is 0 Å². The summed E-state index contributed by atoms with van der Waals surface area (Å²) in [6.45, 7) is 13.8. The molecule has 1 N–H and O–H groups in total. The maximum atomic E-state index is 3.33. The van der Waals surface area contributed by atoms with E-state index in [4.69, 9.17) is 0 Å². The lowest BCUT2D eigenvalue weighted by atomic mass is 9.86. The fourth-order valence-corrected chi connectivity index (χ4v) is 2.43. The van der Waals surface area contributed by atoms with E-state index in [-0.39, 0.29) is 0 Å². The van der Waals surface area contributed by atoms with Crippen LogP contribution in [-0.4, -0.2) is 63.2 Å². The third-order valence-electron chi connectivity index (χ3n) is 3.70. The van der Waals surface area contributed by atoms with Gasteiger partial charge in [-0.15, -0.1) is 0 Å². The molecule has 2 atom stereocenters. The molecule has 0 saturated heterocycles. The van der Waals surface area contributed by atoms with E-state index in [2.05, 4.69) is 56.9 Å². The Hall–Kier alpha value is -0.120. The smallest absolute Gasteiger partial charge is 0.0194 e. The highest BCUT2D eigenvalue weighted by molar-refractivity contribution is 4.81. The van der Waals surface area contributed by atoms with Crippen molar-refractivity contribution in [3.63, 3.8) is 0 Å². The van der Waals surface area contributed by atoms with Crippen LogP contribution in [-0.2, 0) is 0 Å². The van der Waals surface area contributed by atoms with Crippen LogP contribution < -0.4 is 5.32 Å². The molecule has 0 aromatic carbocycles. The summed E-state index contributed by atoms with van der Waals surface area (Å²) in [7, 11) is 6.35. The summed E-state index contributed by atoms with van der Waals surface area (Å²) >= 11 is 0. The maximum Gasteiger partial charge on any atom is 0.0194 e. The van der Waals surface area contributed by atoms with Gasteiger partial charge in [-0.25, -0.2) is 0 Å². The third-order valence-corrected chi connectivity index (χ3v) is 3.70. The van der Waals surface area contributed by atoms with Gasteiger partial charge >= 0.3 is 0 Å². The number of hydrogen-bond acceptors (Lipinski definition) is 3. The number of nitrogens with zero attached hydrogens (tertiary/aromatic N) is 2. The summed E-state index contributed by atoms with van der Waals surface area (Å²) in [5.74, 6) is 0. The Morgan fingerprint density at radius 3 is 2.18 bits per heavy atom. The van der Waals surface area contributed by atoms with Gasteiger partial charge in [-0.2, -0.15) is 0 Å². The van der Waals surface area contributed by atoms with E-state index >= 15 is 0 Å². The van der Waals surface area contributed by atoms with Crippen LogP contribution in [0.15, 0.2) is 0 Å². The third kappa shape index (κ3) is 6.39. The SMILES string of the molecule is CCN(CC(C)(CC)CNC)C(C)CN(C)C. The van der Waals surface area contributed by atoms with Crippen molar-refractivity contribution in [1.29, 1.82) is 0 Å². The summed E-state index contributed by atoms with van der Waals surface area (Å²) < 4.78 is 0. The van der Waals surface area contributed by atoms with E-state index in [9.17, 15) is 0 Å².